The highest BCUT2D eigenvalue weighted by atomic mass is 35.5. The lowest BCUT2D eigenvalue weighted by atomic mass is 10.1. The summed E-state index contributed by atoms with van der Waals surface area (Å²) in [7, 11) is 1.44. The number of ether oxygens (including phenoxy) is 3. The van der Waals surface area contributed by atoms with E-state index >= 15 is 0 Å². The number of methoxy groups -OCH3 is 1. The largest absolute Gasteiger partial charge is 0.490 e. The Bertz CT molecular complexity index is 857. The molecular formula is C21H25ClN2O5. The summed E-state index contributed by atoms with van der Waals surface area (Å²) in [6, 6.07) is 9.93. The van der Waals surface area contributed by atoms with Crippen molar-refractivity contribution >= 4 is 34.8 Å². The van der Waals surface area contributed by atoms with Crippen molar-refractivity contribution in [3.8, 4) is 11.5 Å². The van der Waals surface area contributed by atoms with Gasteiger partial charge in [0.2, 0.25) is 5.91 Å². The monoisotopic (exact) mass is 420 g/mol. The van der Waals surface area contributed by atoms with Gasteiger partial charge in [0.05, 0.1) is 18.2 Å². The Morgan fingerprint density at radius 3 is 2.41 bits per heavy atom. The van der Waals surface area contributed by atoms with Crippen LogP contribution in [0.3, 0.4) is 0 Å². The van der Waals surface area contributed by atoms with Crippen molar-refractivity contribution in [3.05, 3.63) is 47.0 Å². The van der Waals surface area contributed by atoms with E-state index in [9.17, 15) is 9.59 Å². The molecule has 0 aromatic heterocycles. The van der Waals surface area contributed by atoms with Gasteiger partial charge in [0.1, 0.15) is 6.61 Å². The number of hydrogen-bond acceptors (Lipinski definition) is 5. The van der Waals surface area contributed by atoms with Crippen molar-refractivity contribution in [3.63, 3.8) is 0 Å². The molecule has 0 radical (unpaired) electrons. The van der Waals surface area contributed by atoms with Crippen LogP contribution in [0.2, 0.25) is 5.02 Å². The number of rotatable bonds is 10. The summed E-state index contributed by atoms with van der Waals surface area (Å²) in [4.78, 5) is 24.4. The van der Waals surface area contributed by atoms with Crippen molar-refractivity contribution in [2.24, 2.45) is 0 Å². The molecule has 29 heavy (non-hydrogen) atoms. The van der Waals surface area contributed by atoms with Gasteiger partial charge in [0.15, 0.2) is 11.5 Å². The lowest BCUT2D eigenvalue weighted by molar-refractivity contribution is -0.119. The first-order valence-corrected chi connectivity index (χ1v) is 9.65. The second-order valence-electron chi connectivity index (χ2n) is 6.08. The average Bonchev–Trinajstić information content (AvgIpc) is 2.68. The van der Waals surface area contributed by atoms with Crippen molar-refractivity contribution in [2.75, 3.05) is 37.6 Å². The van der Waals surface area contributed by atoms with Crippen LogP contribution in [0.25, 0.3) is 0 Å². The minimum Gasteiger partial charge on any atom is -0.490 e. The van der Waals surface area contributed by atoms with Crippen LogP contribution in [0.15, 0.2) is 36.4 Å². The second-order valence-corrected chi connectivity index (χ2v) is 6.49. The van der Waals surface area contributed by atoms with Crippen molar-refractivity contribution in [2.45, 2.75) is 20.3 Å². The molecule has 0 saturated carbocycles. The lowest BCUT2D eigenvalue weighted by Gasteiger charge is -2.15. The summed E-state index contributed by atoms with van der Waals surface area (Å²) < 4.78 is 16.0. The summed E-state index contributed by atoms with van der Waals surface area (Å²) in [5.74, 6) is 0.191. The van der Waals surface area contributed by atoms with Crippen molar-refractivity contribution in [1.29, 1.82) is 0 Å². The van der Waals surface area contributed by atoms with Crippen molar-refractivity contribution < 1.29 is 23.8 Å². The molecule has 0 aliphatic rings. The van der Waals surface area contributed by atoms with Gasteiger partial charge in [-0.3, -0.25) is 9.59 Å². The van der Waals surface area contributed by atoms with Crippen LogP contribution >= 0.6 is 11.6 Å². The van der Waals surface area contributed by atoms with E-state index in [1.165, 1.54) is 13.2 Å². The topological polar surface area (TPSA) is 85.9 Å². The number of amides is 2. The molecule has 2 amide bonds. The molecule has 2 rings (SSSR count). The highest BCUT2D eigenvalue weighted by Gasteiger charge is 2.16. The van der Waals surface area contributed by atoms with Gasteiger partial charge in [-0.05, 0) is 43.7 Å². The van der Waals surface area contributed by atoms with E-state index in [4.69, 9.17) is 25.8 Å². The van der Waals surface area contributed by atoms with Gasteiger partial charge in [-0.15, -0.1) is 0 Å². The van der Waals surface area contributed by atoms with Gasteiger partial charge in [0.25, 0.3) is 5.91 Å². The predicted octanol–water partition coefficient (Wildman–Crippen LogP) is 4.36. The fourth-order valence-corrected chi connectivity index (χ4v) is 2.78. The Morgan fingerprint density at radius 2 is 1.76 bits per heavy atom. The van der Waals surface area contributed by atoms with Gasteiger partial charge < -0.3 is 24.8 Å². The number of nitrogens with one attached hydrogen (secondary N) is 2. The molecule has 0 unspecified atom stereocenters. The minimum absolute atomic E-state index is 0.0538. The molecule has 0 heterocycles. The lowest BCUT2D eigenvalue weighted by Crippen LogP contribution is -2.17. The van der Waals surface area contributed by atoms with Crippen LogP contribution in [-0.2, 0) is 9.53 Å². The summed E-state index contributed by atoms with van der Waals surface area (Å²) in [6.45, 7) is 4.68. The quantitative estimate of drug-likeness (QED) is 0.596. The third-order valence-corrected chi connectivity index (χ3v) is 3.98. The number of carbonyl (C=O) groups is 2. The van der Waals surface area contributed by atoms with Gasteiger partial charge in [-0.1, -0.05) is 24.6 Å². The predicted molar refractivity (Wildman–Crippen MR) is 113 cm³/mol. The first-order chi connectivity index (χ1) is 14.0. The third-order valence-electron chi connectivity index (χ3n) is 3.70. The summed E-state index contributed by atoms with van der Waals surface area (Å²) in [5.41, 5.74) is 1.39. The Labute approximate surface area is 175 Å². The highest BCUT2D eigenvalue weighted by Crippen LogP contribution is 2.37. The minimum atomic E-state index is -0.365. The maximum atomic E-state index is 12.7. The third kappa shape index (κ3) is 6.66. The van der Waals surface area contributed by atoms with E-state index < -0.39 is 0 Å². The molecule has 156 valence electrons. The van der Waals surface area contributed by atoms with E-state index in [1.807, 2.05) is 13.8 Å². The SMILES string of the molecule is CCCOc1c(Cl)cc(C(=O)Nc2cccc(NC(=O)COC)c2)cc1OCC. The molecule has 2 aromatic rings. The molecule has 7 nitrogen and oxygen atoms in total. The van der Waals surface area contributed by atoms with E-state index in [0.29, 0.717) is 46.7 Å². The fourth-order valence-electron chi connectivity index (χ4n) is 2.51. The first-order valence-electron chi connectivity index (χ1n) is 9.27. The number of carbonyl (C=O) groups excluding carboxylic acids is 2. The number of anilines is 2. The Balaban J connectivity index is 2.19. The average molecular weight is 421 g/mol. The van der Waals surface area contributed by atoms with Gasteiger partial charge >= 0.3 is 0 Å². The molecule has 0 atom stereocenters. The molecule has 8 heteroatoms. The Hall–Kier alpha value is -2.77. The molecule has 0 aliphatic heterocycles. The van der Waals surface area contributed by atoms with Crippen molar-refractivity contribution in [1.82, 2.24) is 0 Å². The van der Waals surface area contributed by atoms with Crippen LogP contribution in [0.5, 0.6) is 11.5 Å². The van der Waals surface area contributed by atoms with Gasteiger partial charge in [0, 0.05) is 24.0 Å². The zero-order valence-corrected chi connectivity index (χ0v) is 17.5. The van der Waals surface area contributed by atoms with E-state index in [-0.39, 0.29) is 18.4 Å². The van der Waals surface area contributed by atoms with E-state index in [2.05, 4.69) is 10.6 Å². The van der Waals surface area contributed by atoms with Crippen LogP contribution < -0.4 is 20.1 Å². The molecular weight excluding hydrogens is 396 g/mol. The first kappa shape index (κ1) is 22.5. The van der Waals surface area contributed by atoms with E-state index in [0.717, 1.165) is 6.42 Å². The fraction of sp³-hybridized carbons (Fsp3) is 0.333. The smallest absolute Gasteiger partial charge is 0.255 e. The van der Waals surface area contributed by atoms with Crippen LogP contribution in [0.4, 0.5) is 11.4 Å². The zero-order valence-electron chi connectivity index (χ0n) is 16.7. The maximum Gasteiger partial charge on any atom is 0.255 e. The molecule has 0 fully saturated rings. The number of benzene rings is 2. The molecule has 0 saturated heterocycles. The number of halogens is 1. The zero-order chi connectivity index (χ0) is 21.2. The highest BCUT2D eigenvalue weighted by molar-refractivity contribution is 6.32. The Morgan fingerprint density at radius 1 is 1.03 bits per heavy atom. The maximum absolute atomic E-state index is 12.7. The van der Waals surface area contributed by atoms with Crippen LogP contribution in [0, 0.1) is 0 Å². The Kier molecular flexibility index (Phi) is 8.76. The van der Waals surface area contributed by atoms with Crippen LogP contribution in [-0.4, -0.2) is 38.7 Å². The second kappa shape index (κ2) is 11.3. The van der Waals surface area contributed by atoms with E-state index in [1.54, 1.807) is 30.3 Å². The molecule has 2 aromatic carbocycles. The van der Waals surface area contributed by atoms with Gasteiger partial charge in [-0.25, -0.2) is 0 Å². The summed E-state index contributed by atoms with van der Waals surface area (Å²) in [5, 5.41) is 5.77. The number of hydrogen-bond donors (Lipinski definition) is 2. The summed E-state index contributed by atoms with van der Waals surface area (Å²) >= 11 is 6.32. The normalized spacial score (nSPS) is 10.3. The summed E-state index contributed by atoms with van der Waals surface area (Å²) in [6.07, 6.45) is 0.821. The molecule has 0 bridgehead atoms. The standard InChI is InChI=1S/C21H25ClN2O5/c1-4-9-29-20-17(22)10-14(11-18(20)28-5-2)21(26)24-16-8-6-7-15(12-16)23-19(25)13-27-3/h6-8,10-12H,4-5,9,13H2,1-3H3,(H,23,25)(H,24,26). The molecule has 2 N–H and O–H groups in total. The van der Waals surface area contributed by atoms with Crippen LogP contribution in [0.1, 0.15) is 30.6 Å². The van der Waals surface area contributed by atoms with Gasteiger partial charge in [-0.2, -0.15) is 0 Å². The molecule has 0 aliphatic carbocycles. The molecule has 0 spiro atoms.